The van der Waals surface area contributed by atoms with Crippen LogP contribution in [0.2, 0.25) is 0 Å². The van der Waals surface area contributed by atoms with Crippen molar-refractivity contribution >= 4 is 28.2 Å². The highest BCUT2D eigenvalue weighted by Gasteiger charge is 2.10. The Kier molecular flexibility index (Phi) is 6.50. The average Bonchev–Trinajstić information content (AvgIpc) is 3.04. The molecule has 2 aromatic heterocycles. The molecule has 0 aliphatic rings. The van der Waals surface area contributed by atoms with E-state index >= 15 is 0 Å². The van der Waals surface area contributed by atoms with E-state index in [1.807, 2.05) is 37.3 Å². The number of hydrogen-bond donors (Lipinski definition) is 2. The standard InChI is InChI=1S/C17H20N4OS/c1-3-5-8-13(4-2)11-19-16(22)14-12-23-17(20-14)21-15-9-6-7-10-18-15/h4-10,12H,3,11H2,1-2H3,(H,19,22)(H,18,20,21)/b8-5-,13-4+. The molecule has 6 heteroatoms. The molecule has 2 aromatic rings. The highest BCUT2D eigenvalue weighted by molar-refractivity contribution is 7.14. The summed E-state index contributed by atoms with van der Waals surface area (Å²) in [5.41, 5.74) is 1.48. The van der Waals surface area contributed by atoms with E-state index in [0.717, 1.165) is 12.0 Å². The van der Waals surface area contributed by atoms with Crippen LogP contribution < -0.4 is 10.6 Å². The Balaban J connectivity index is 1.92. The van der Waals surface area contributed by atoms with Gasteiger partial charge in [-0.25, -0.2) is 9.97 Å². The van der Waals surface area contributed by atoms with E-state index < -0.39 is 0 Å². The molecular weight excluding hydrogens is 308 g/mol. The molecule has 120 valence electrons. The van der Waals surface area contributed by atoms with Crippen molar-refractivity contribution in [3.05, 3.63) is 59.3 Å². The normalized spacial score (nSPS) is 11.7. The zero-order valence-corrected chi connectivity index (χ0v) is 14.1. The largest absolute Gasteiger partial charge is 0.347 e. The maximum absolute atomic E-state index is 12.1. The summed E-state index contributed by atoms with van der Waals surface area (Å²) in [5, 5.41) is 8.33. The summed E-state index contributed by atoms with van der Waals surface area (Å²) in [5.74, 6) is 0.522. The van der Waals surface area contributed by atoms with Crippen molar-refractivity contribution in [3.63, 3.8) is 0 Å². The topological polar surface area (TPSA) is 66.9 Å². The number of amides is 1. The summed E-state index contributed by atoms with van der Waals surface area (Å²) in [6, 6.07) is 5.58. The molecule has 0 saturated heterocycles. The molecule has 0 saturated carbocycles. The number of allylic oxidation sites excluding steroid dienone is 2. The van der Waals surface area contributed by atoms with Gasteiger partial charge < -0.3 is 10.6 Å². The molecule has 0 bridgehead atoms. The highest BCUT2D eigenvalue weighted by Crippen LogP contribution is 2.19. The predicted octanol–water partition coefficient (Wildman–Crippen LogP) is 3.92. The van der Waals surface area contributed by atoms with Crippen molar-refractivity contribution in [2.45, 2.75) is 20.3 Å². The van der Waals surface area contributed by atoms with E-state index in [0.29, 0.717) is 23.2 Å². The van der Waals surface area contributed by atoms with Crippen LogP contribution in [-0.4, -0.2) is 22.4 Å². The summed E-state index contributed by atoms with van der Waals surface area (Å²) in [6.45, 7) is 4.53. The second-order valence-electron chi connectivity index (χ2n) is 4.73. The highest BCUT2D eigenvalue weighted by atomic mass is 32.1. The molecule has 0 spiro atoms. The zero-order valence-electron chi connectivity index (χ0n) is 13.2. The minimum absolute atomic E-state index is 0.181. The Bertz CT molecular complexity index is 692. The molecule has 23 heavy (non-hydrogen) atoms. The third-order valence-electron chi connectivity index (χ3n) is 3.03. The van der Waals surface area contributed by atoms with Gasteiger partial charge in [-0.1, -0.05) is 31.2 Å². The third-order valence-corrected chi connectivity index (χ3v) is 3.79. The molecule has 0 atom stereocenters. The number of pyridine rings is 1. The van der Waals surface area contributed by atoms with Crippen LogP contribution >= 0.6 is 11.3 Å². The van der Waals surface area contributed by atoms with Crippen LogP contribution in [0.3, 0.4) is 0 Å². The van der Waals surface area contributed by atoms with Crippen LogP contribution in [0, 0.1) is 0 Å². The van der Waals surface area contributed by atoms with Crippen molar-refractivity contribution in [1.82, 2.24) is 15.3 Å². The zero-order chi connectivity index (χ0) is 16.5. The molecular formula is C17H20N4OS. The first-order chi connectivity index (χ1) is 11.2. The number of hydrogen-bond acceptors (Lipinski definition) is 5. The van der Waals surface area contributed by atoms with Crippen molar-refractivity contribution < 1.29 is 4.79 Å². The number of rotatable bonds is 7. The van der Waals surface area contributed by atoms with Gasteiger partial charge in [0.1, 0.15) is 11.5 Å². The van der Waals surface area contributed by atoms with Gasteiger partial charge in [-0.2, -0.15) is 0 Å². The monoisotopic (exact) mass is 328 g/mol. The Morgan fingerprint density at radius 2 is 2.26 bits per heavy atom. The molecule has 0 aromatic carbocycles. The van der Waals surface area contributed by atoms with E-state index in [2.05, 4.69) is 33.6 Å². The SMILES string of the molecule is C/C=C(\C=C/CC)CNC(=O)c1csc(Nc2ccccn2)n1. The van der Waals surface area contributed by atoms with Crippen LogP contribution in [-0.2, 0) is 0 Å². The lowest BCUT2D eigenvalue weighted by atomic mass is 10.2. The van der Waals surface area contributed by atoms with Crippen molar-refractivity contribution in [3.8, 4) is 0 Å². The van der Waals surface area contributed by atoms with Crippen LogP contribution in [0.15, 0.2) is 53.6 Å². The van der Waals surface area contributed by atoms with Crippen molar-refractivity contribution in [2.75, 3.05) is 11.9 Å². The molecule has 5 nitrogen and oxygen atoms in total. The van der Waals surface area contributed by atoms with Crippen LogP contribution in [0.25, 0.3) is 0 Å². The van der Waals surface area contributed by atoms with Gasteiger partial charge in [0, 0.05) is 18.1 Å². The number of anilines is 2. The predicted molar refractivity (Wildman–Crippen MR) is 95.2 cm³/mol. The Hall–Kier alpha value is -2.47. The lowest BCUT2D eigenvalue weighted by Crippen LogP contribution is -2.25. The lowest BCUT2D eigenvalue weighted by molar-refractivity contribution is 0.0953. The van der Waals surface area contributed by atoms with Crippen LogP contribution in [0.5, 0.6) is 0 Å². The summed E-state index contributed by atoms with van der Waals surface area (Å²) in [4.78, 5) is 20.6. The van der Waals surface area contributed by atoms with Gasteiger partial charge in [-0.3, -0.25) is 4.79 Å². The number of aromatic nitrogens is 2. The second-order valence-corrected chi connectivity index (χ2v) is 5.59. The summed E-state index contributed by atoms with van der Waals surface area (Å²) >= 11 is 1.37. The summed E-state index contributed by atoms with van der Waals surface area (Å²) in [7, 11) is 0. The van der Waals surface area contributed by atoms with E-state index in [4.69, 9.17) is 0 Å². The minimum Gasteiger partial charge on any atom is -0.347 e. The average molecular weight is 328 g/mol. The Morgan fingerprint density at radius 1 is 1.39 bits per heavy atom. The smallest absolute Gasteiger partial charge is 0.271 e. The second kappa shape index (κ2) is 8.85. The summed E-state index contributed by atoms with van der Waals surface area (Å²) in [6.07, 6.45) is 8.75. The molecule has 0 unspecified atom stereocenters. The molecule has 2 N–H and O–H groups in total. The molecule has 2 heterocycles. The fourth-order valence-corrected chi connectivity index (χ4v) is 2.48. The molecule has 1 amide bonds. The van der Waals surface area contributed by atoms with Gasteiger partial charge in [-0.15, -0.1) is 11.3 Å². The van der Waals surface area contributed by atoms with E-state index in [-0.39, 0.29) is 5.91 Å². The maximum atomic E-state index is 12.1. The van der Waals surface area contributed by atoms with E-state index in [1.54, 1.807) is 11.6 Å². The van der Waals surface area contributed by atoms with Gasteiger partial charge in [-0.05, 0) is 31.1 Å². The summed E-state index contributed by atoms with van der Waals surface area (Å²) < 4.78 is 0. The van der Waals surface area contributed by atoms with E-state index in [1.165, 1.54) is 11.3 Å². The number of nitrogens with zero attached hydrogens (tertiary/aromatic N) is 2. The third kappa shape index (κ3) is 5.34. The minimum atomic E-state index is -0.181. The van der Waals surface area contributed by atoms with Gasteiger partial charge in [0.25, 0.3) is 5.91 Å². The van der Waals surface area contributed by atoms with Crippen molar-refractivity contribution in [1.29, 1.82) is 0 Å². The van der Waals surface area contributed by atoms with Crippen LogP contribution in [0.4, 0.5) is 10.9 Å². The van der Waals surface area contributed by atoms with Gasteiger partial charge in [0.2, 0.25) is 0 Å². The molecule has 0 aliphatic carbocycles. The number of nitrogens with one attached hydrogen (secondary N) is 2. The Morgan fingerprint density at radius 3 is 2.96 bits per heavy atom. The fraction of sp³-hybridized carbons (Fsp3) is 0.235. The van der Waals surface area contributed by atoms with E-state index in [9.17, 15) is 4.79 Å². The fourth-order valence-electron chi connectivity index (χ4n) is 1.78. The number of carbonyl (C=O) groups is 1. The molecule has 0 radical (unpaired) electrons. The quantitative estimate of drug-likeness (QED) is 0.756. The molecule has 0 aliphatic heterocycles. The van der Waals surface area contributed by atoms with Gasteiger partial charge in [0.15, 0.2) is 5.13 Å². The molecule has 0 fully saturated rings. The van der Waals surface area contributed by atoms with Crippen molar-refractivity contribution in [2.24, 2.45) is 0 Å². The lowest BCUT2D eigenvalue weighted by Gasteiger charge is -2.04. The Labute approximate surface area is 140 Å². The van der Waals surface area contributed by atoms with Gasteiger partial charge >= 0.3 is 0 Å². The maximum Gasteiger partial charge on any atom is 0.271 e. The van der Waals surface area contributed by atoms with Crippen LogP contribution in [0.1, 0.15) is 30.8 Å². The first-order valence-corrected chi connectivity index (χ1v) is 8.34. The number of thiazole rings is 1. The first-order valence-electron chi connectivity index (χ1n) is 7.46. The first kappa shape index (κ1) is 16.9. The molecule has 2 rings (SSSR count). The number of carbonyl (C=O) groups excluding carboxylic acids is 1. The van der Waals surface area contributed by atoms with Gasteiger partial charge in [0.05, 0.1) is 0 Å².